The summed E-state index contributed by atoms with van der Waals surface area (Å²) < 4.78 is 5.85. The van der Waals surface area contributed by atoms with Gasteiger partial charge in [-0.15, -0.1) is 0 Å². The van der Waals surface area contributed by atoms with Crippen LogP contribution in [0, 0.1) is 13.8 Å². The molecule has 2 aromatic rings. The number of aromatic nitrogens is 1. The van der Waals surface area contributed by atoms with Crippen LogP contribution in [0.3, 0.4) is 0 Å². The lowest BCUT2D eigenvalue weighted by molar-refractivity contribution is -0.128. The van der Waals surface area contributed by atoms with Crippen LogP contribution < -0.4 is 10.1 Å². The van der Waals surface area contributed by atoms with Crippen molar-refractivity contribution < 1.29 is 9.53 Å². The summed E-state index contributed by atoms with van der Waals surface area (Å²) in [6, 6.07) is 9.74. The fourth-order valence-electron chi connectivity index (χ4n) is 2.29. The fraction of sp³-hybridized carbons (Fsp3) is 0.333. The number of ether oxygens (including phenoxy) is 1. The Morgan fingerprint density at radius 2 is 1.82 bits per heavy atom. The van der Waals surface area contributed by atoms with Crippen LogP contribution in [-0.4, -0.2) is 17.0 Å². The Bertz CT molecular complexity index is 606. The predicted octanol–water partition coefficient (Wildman–Crippen LogP) is 3.17. The van der Waals surface area contributed by atoms with Crippen molar-refractivity contribution in [2.24, 2.45) is 0 Å². The second-order valence-electron chi connectivity index (χ2n) is 5.41. The van der Waals surface area contributed by atoms with Gasteiger partial charge in [0.2, 0.25) is 0 Å². The molecule has 0 saturated carbocycles. The monoisotopic (exact) mass is 298 g/mol. The lowest BCUT2D eigenvalue weighted by Gasteiger charge is -2.18. The standard InChI is InChI=1S/C18H22N2O2/c1-4-17(22-16-10-13(2)9-14(3)11-16)18(21)20-12-15-5-7-19-8-6-15/h5-11,17H,4,12H2,1-3H3,(H,20,21). The summed E-state index contributed by atoms with van der Waals surface area (Å²) in [7, 11) is 0. The van der Waals surface area contributed by atoms with E-state index in [9.17, 15) is 4.79 Å². The number of pyridine rings is 1. The molecule has 1 aromatic heterocycles. The van der Waals surface area contributed by atoms with Crippen molar-refractivity contribution in [2.75, 3.05) is 0 Å². The van der Waals surface area contributed by atoms with Crippen molar-refractivity contribution in [2.45, 2.75) is 39.8 Å². The second-order valence-corrected chi connectivity index (χ2v) is 5.41. The van der Waals surface area contributed by atoms with Crippen LogP contribution in [0.25, 0.3) is 0 Å². The van der Waals surface area contributed by atoms with Crippen molar-refractivity contribution >= 4 is 5.91 Å². The summed E-state index contributed by atoms with van der Waals surface area (Å²) in [5.41, 5.74) is 3.27. The Morgan fingerprint density at radius 1 is 1.18 bits per heavy atom. The number of aryl methyl sites for hydroxylation is 2. The number of carbonyl (C=O) groups excluding carboxylic acids is 1. The maximum atomic E-state index is 12.3. The molecule has 1 aromatic carbocycles. The van der Waals surface area contributed by atoms with Crippen molar-refractivity contribution in [3.8, 4) is 5.75 Å². The van der Waals surface area contributed by atoms with Crippen LogP contribution in [-0.2, 0) is 11.3 Å². The third-order valence-corrected chi connectivity index (χ3v) is 3.35. The van der Waals surface area contributed by atoms with Gasteiger partial charge in [-0.3, -0.25) is 9.78 Å². The smallest absolute Gasteiger partial charge is 0.261 e. The molecule has 4 heteroatoms. The molecule has 1 unspecified atom stereocenters. The molecule has 0 aliphatic heterocycles. The van der Waals surface area contributed by atoms with E-state index in [2.05, 4.69) is 16.4 Å². The van der Waals surface area contributed by atoms with E-state index in [1.165, 1.54) is 0 Å². The van der Waals surface area contributed by atoms with E-state index in [-0.39, 0.29) is 5.91 Å². The molecule has 0 bridgehead atoms. The molecule has 0 saturated heterocycles. The molecule has 0 radical (unpaired) electrons. The number of carbonyl (C=O) groups is 1. The van der Waals surface area contributed by atoms with Crippen LogP contribution in [0.1, 0.15) is 30.0 Å². The van der Waals surface area contributed by atoms with Crippen LogP contribution in [0.15, 0.2) is 42.7 Å². The molecule has 0 aliphatic rings. The number of nitrogens with one attached hydrogen (secondary N) is 1. The third-order valence-electron chi connectivity index (χ3n) is 3.35. The van der Waals surface area contributed by atoms with Crippen LogP contribution in [0.5, 0.6) is 5.75 Å². The molecule has 22 heavy (non-hydrogen) atoms. The van der Waals surface area contributed by atoms with Gasteiger partial charge in [-0.2, -0.15) is 0 Å². The van der Waals surface area contributed by atoms with Gasteiger partial charge in [0.1, 0.15) is 5.75 Å². The molecule has 1 amide bonds. The first-order valence-electron chi connectivity index (χ1n) is 7.50. The number of hydrogen-bond acceptors (Lipinski definition) is 3. The van der Waals surface area contributed by atoms with Crippen LogP contribution in [0.4, 0.5) is 0 Å². The highest BCUT2D eigenvalue weighted by molar-refractivity contribution is 5.81. The van der Waals surface area contributed by atoms with E-state index >= 15 is 0 Å². The summed E-state index contributed by atoms with van der Waals surface area (Å²) in [4.78, 5) is 16.2. The quantitative estimate of drug-likeness (QED) is 0.891. The zero-order valence-electron chi connectivity index (χ0n) is 13.3. The highest BCUT2D eigenvalue weighted by Gasteiger charge is 2.18. The molecular weight excluding hydrogens is 276 g/mol. The van der Waals surface area contributed by atoms with Gasteiger partial charge in [0.25, 0.3) is 5.91 Å². The maximum Gasteiger partial charge on any atom is 0.261 e. The minimum absolute atomic E-state index is 0.0986. The highest BCUT2D eigenvalue weighted by atomic mass is 16.5. The minimum Gasteiger partial charge on any atom is -0.481 e. The van der Waals surface area contributed by atoms with Crippen molar-refractivity contribution in [3.63, 3.8) is 0 Å². The van der Waals surface area contributed by atoms with E-state index in [0.717, 1.165) is 22.4 Å². The van der Waals surface area contributed by atoms with Crippen LogP contribution in [0.2, 0.25) is 0 Å². The minimum atomic E-state index is -0.483. The van der Waals surface area contributed by atoms with E-state index in [1.807, 2.05) is 45.0 Å². The summed E-state index contributed by atoms with van der Waals surface area (Å²) in [6.45, 7) is 6.46. The Morgan fingerprint density at radius 3 is 2.41 bits per heavy atom. The normalized spacial score (nSPS) is 11.8. The number of benzene rings is 1. The van der Waals surface area contributed by atoms with Crippen molar-refractivity contribution in [1.82, 2.24) is 10.3 Å². The Balaban J connectivity index is 1.96. The number of amides is 1. The molecule has 1 N–H and O–H groups in total. The SMILES string of the molecule is CCC(Oc1cc(C)cc(C)c1)C(=O)NCc1ccncc1. The lowest BCUT2D eigenvalue weighted by atomic mass is 10.1. The molecule has 0 fully saturated rings. The number of nitrogens with zero attached hydrogens (tertiary/aromatic N) is 1. The number of rotatable bonds is 6. The summed E-state index contributed by atoms with van der Waals surface area (Å²) in [6.07, 6.45) is 3.56. The van der Waals surface area contributed by atoms with Crippen molar-refractivity contribution in [1.29, 1.82) is 0 Å². The molecule has 2 rings (SSSR count). The van der Waals surface area contributed by atoms with E-state index in [0.29, 0.717) is 13.0 Å². The van der Waals surface area contributed by atoms with Gasteiger partial charge in [0, 0.05) is 18.9 Å². The van der Waals surface area contributed by atoms with E-state index in [4.69, 9.17) is 4.74 Å². The molecule has 4 nitrogen and oxygen atoms in total. The maximum absolute atomic E-state index is 12.3. The van der Waals surface area contributed by atoms with E-state index in [1.54, 1.807) is 12.4 Å². The molecular formula is C18H22N2O2. The first-order valence-corrected chi connectivity index (χ1v) is 7.50. The lowest BCUT2D eigenvalue weighted by Crippen LogP contribution is -2.37. The van der Waals surface area contributed by atoms with Gasteiger partial charge in [-0.05, 0) is 61.2 Å². The predicted molar refractivity (Wildman–Crippen MR) is 86.7 cm³/mol. The average molecular weight is 298 g/mol. The summed E-state index contributed by atoms with van der Waals surface area (Å²) in [5, 5.41) is 2.91. The second kappa shape index (κ2) is 7.59. The fourth-order valence-corrected chi connectivity index (χ4v) is 2.29. The zero-order valence-corrected chi connectivity index (χ0v) is 13.3. The van der Waals surface area contributed by atoms with Crippen molar-refractivity contribution in [3.05, 3.63) is 59.4 Å². The van der Waals surface area contributed by atoms with Gasteiger partial charge >= 0.3 is 0 Å². The molecule has 1 heterocycles. The Hall–Kier alpha value is -2.36. The van der Waals surface area contributed by atoms with Gasteiger partial charge in [-0.1, -0.05) is 13.0 Å². The molecule has 0 spiro atoms. The molecule has 1 atom stereocenters. The molecule has 0 aliphatic carbocycles. The summed E-state index contributed by atoms with van der Waals surface area (Å²) >= 11 is 0. The van der Waals surface area contributed by atoms with Gasteiger partial charge < -0.3 is 10.1 Å². The largest absolute Gasteiger partial charge is 0.481 e. The molecule has 116 valence electrons. The first-order chi connectivity index (χ1) is 10.6. The topological polar surface area (TPSA) is 51.2 Å². The summed E-state index contributed by atoms with van der Waals surface area (Å²) in [5.74, 6) is 0.641. The Kier molecular flexibility index (Phi) is 5.53. The van der Waals surface area contributed by atoms with Crippen LogP contribution >= 0.6 is 0 Å². The van der Waals surface area contributed by atoms with Gasteiger partial charge in [-0.25, -0.2) is 0 Å². The first kappa shape index (κ1) is 16.0. The van der Waals surface area contributed by atoms with E-state index < -0.39 is 6.10 Å². The number of hydrogen-bond donors (Lipinski definition) is 1. The average Bonchev–Trinajstić information content (AvgIpc) is 2.50. The zero-order chi connectivity index (χ0) is 15.9. The van der Waals surface area contributed by atoms with Gasteiger partial charge in [0.15, 0.2) is 6.10 Å². The highest BCUT2D eigenvalue weighted by Crippen LogP contribution is 2.18. The third kappa shape index (κ3) is 4.58. The van der Waals surface area contributed by atoms with Gasteiger partial charge in [0.05, 0.1) is 0 Å². The Labute approximate surface area is 131 Å².